The first kappa shape index (κ1) is 18.3. The number of nitrogens with zero attached hydrogens (tertiary/aromatic N) is 2. The molecule has 0 saturated heterocycles. The summed E-state index contributed by atoms with van der Waals surface area (Å²) in [5.74, 6) is -0.705. The molecule has 0 bridgehead atoms. The number of benzene rings is 1. The van der Waals surface area contributed by atoms with Crippen LogP contribution in [0, 0.1) is 11.3 Å². The highest BCUT2D eigenvalue weighted by atomic mass is 32.2. The van der Waals surface area contributed by atoms with E-state index in [0.29, 0.717) is 5.69 Å². The number of nitrogens with two attached hydrogens (primary N) is 1. The number of nitrogens with one attached hydrogen (secondary N) is 1. The van der Waals surface area contributed by atoms with Crippen LogP contribution in [-0.4, -0.2) is 32.6 Å². The second-order valence-corrected chi connectivity index (χ2v) is 6.68. The summed E-state index contributed by atoms with van der Waals surface area (Å²) in [6.45, 7) is 3.56. The minimum absolute atomic E-state index is 0.000519. The molecule has 0 atom stereocenters. The van der Waals surface area contributed by atoms with Gasteiger partial charge in [-0.15, -0.1) is 6.58 Å². The molecule has 0 amide bonds. The van der Waals surface area contributed by atoms with E-state index in [-0.39, 0.29) is 28.4 Å². The van der Waals surface area contributed by atoms with E-state index in [1.165, 1.54) is 48.2 Å². The molecule has 0 unspecified atom stereocenters. The van der Waals surface area contributed by atoms with E-state index in [0.717, 1.165) is 0 Å². The average molecular weight is 360 g/mol. The Labute approximate surface area is 145 Å². The van der Waals surface area contributed by atoms with Crippen LogP contribution in [0.4, 0.5) is 5.69 Å². The molecule has 0 saturated carbocycles. The van der Waals surface area contributed by atoms with Crippen LogP contribution >= 0.6 is 0 Å². The number of nitriles is 1. The summed E-state index contributed by atoms with van der Waals surface area (Å²) >= 11 is 0. The molecule has 1 aromatic heterocycles. The maximum absolute atomic E-state index is 12.1. The number of methoxy groups -OCH3 is 1. The van der Waals surface area contributed by atoms with Gasteiger partial charge < -0.3 is 15.0 Å². The Kier molecular flexibility index (Phi) is 5.26. The Balaban J connectivity index is 2.49. The lowest BCUT2D eigenvalue weighted by molar-refractivity contribution is 0.0593. The number of sulfonamides is 1. The first-order chi connectivity index (χ1) is 11.9. The second kappa shape index (κ2) is 7.21. The van der Waals surface area contributed by atoms with Crippen molar-refractivity contribution in [1.82, 2.24) is 9.29 Å². The zero-order valence-corrected chi connectivity index (χ0v) is 14.2. The zero-order chi connectivity index (χ0) is 18.6. The predicted octanol–water partition coefficient (Wildman–Crippen LogP) is 1.18. The minimum atomic E-state index is -3.66. The lowest BCUT2D eigenvalue weighted by atomic mass is 10.2. The van der Waals surface area contributed by atoms with Crippen molar-refractivity contribution in [1.29, 1.82) is 5.26 Å². The predicted molar refractivity (Wildman–Crippen MR) is 91.6 cm³/mol. The van der Waals surface area contributed by atoms with Gasteiger partial charge in [-0.1, -0.05) is 6.08 Å². The third-order valence-corrected chi connectivity index (χ3v) is 4.83. The average Bonchev–Trinajstić information content (AvgIpc) is 2.96. The molecule has 0 aliphatic rings. The third kappa shape index (κ3) is 3.55. The van der Waals surface area contributed by atoms with Crippen molar-refractivity contribution in [2.75, 3.05) is 19.4 Å². The van der Waals surface area contributed by atoms with Crippen molar-refractivity contribution < 1.29 is 17.9 Å². The normalized spacial score (nSPS) is 10.9. The fourth-order valence-corrected chi connectivity index (χ4v) is 3.15. The molecule has 0 fully saturated rings. The number of hydrogen-bond donors (Lipinski definition) is 2. The molecule has 8 nitrogen and oxygen atoms in total. The Morgan fingerprint density at radius 2 is 2.08 bits per heavy atom. The number of ether oxygens (including phenoxy) is 1. The van der Waals surface area contributed by atoms with Gasteiger partial charge in [-0.25, -0.2) is 17.9 Å². The summed E-state index contributed by atoms with van der Waals surface area (Å²) in [5.41, 5.74) is 6.39. The van der Waals surface area contributed by atoms with Crippen LogP contribution in [0.2, 0.25) is 0 Å². The molecule has 3 N–H and O–H groups in total. The van der Waals surface area contributed by atoms with Gasteiger partial charge in [0, 0.05) is 18.4 Å². The van der Waals surface area contributed by atoms with Crippen LogP contribution in [0.3, 0.4) is 0 Å². The number of nitrogen functional groups attached to an aromatic ring is 1. The first-order valence-electron chi connectivity index (χ1n) is 7.06. The van der Waals surface area contributed by atoms with Gasteiger partial charge in [-0.2, -0.15) is 5.26 Å². The molecule has 2 rings (SSSR count). The van der Waals surface area contributed by atoms with Gasteiger partial charge in [-0.3, -0.25) is 0 Å². The minimum Gasteiger partial charge on any atom is -0.464 e. The van der Waals surface area contributed by atoms with Crippen LogP contribution in [0.25, 0.3) is 5.69 Å². The van der Waals surface area contributed by atoms with Gasteiger partial charge in [0.1, 0.15) is 6.07 Å². The number of rotatable bonds is 6. The molecular weight excluding hydrogens is 344 g/mol. The highest BCUT2D eigenvalue weighted by Crippen LogP contribution is 2.25. The Morgan fingerprint density at radius 1 is 1.44 bits per heavy atom. The van der Waals surface area contributed by atoms with Crippen LogP contribution in [0.5, 0.6) is 0 Å². The highest BCUT2D eigenvalue weighted by molar-refractivity contribution is 7.89. The highest BCUT2D eigenvalue weighted by Gasteiger charge is 2.22. The Bertz CT molecular complexity index is 953. The lowest BCUT2D eigenvalue weighted by Gasteiger charge is -2.10. The van der Waals surface area contributed by atoms with E-state index in [4.69, 9.17) is 15.7 Å². The topological polar surface area (TPSA) is 127 Å². The summed E-state index contributed by atoms with van der Waals surface area (Å²) in [5, 5.41) is 9.10. The van der Waals surface area contributed by atoms with Crippen molar-refractivity contribution in [3.05, 3.63) is 54.4 Å². The summed E-state index contributed by atoms with van der Waals surface area (Å²) < 4.78 is 32.6. The van der Waals surface area contributed by atoms with E-state index in [1.807, 2.05) is 6.07 Å². The van der Waals surface area contributed by atoms with E-state index in [9.17, 15) is 13.2 Å². The molecule has 0 spiro atoms. The Hall–Kier alpha value is -3.09. The SMILES string of the molecule is C=CCNS(=O)(=O)c1ccc(-n2cc(C#N)c(N)c2C(=O)OC)cc1. The van der Waals surface area contributed by atoms with Crippen molar-refractivity contribution in [2.24, 2.45) is 0 Å². The monoisotopic (exact) mass is 360 g/mol. The fourth-order valence-electron chi connectivity index (χ4n) is 2.16. The molecule has 0 aliphatic heterocycles. The van der Waals surface area contributed by atoms with Gasteiger partial charge in [0.05, 0.1) is 23.3 Å². The van der Waals surface area contributed by atoms with Crippen LogP contribution < -0.4 is 10.5 Å². The second-order valence-electron chi connectivity index (χ2n) is 4.91. The molecule has 0 aliphatic carbocycles. The number of hydrogen-bond acceptors (Lipinski definition) is 6. The van der Waals surface area contributed by atoms with Crippen molar-refractivity contribution >= 4 is 21.7 Å². The molecule has 25 heavy (non-hydrogen) atoms. The van der Waals surface area contributed by atoms with E-state index >= 15 is 0 Å². The maximum Gasteiger partial charge on any atom is 0.357 e. The first-order valence-corrected chi connectivity index (χ1v) is 8.54. The van der Waals surface area contributed by atoms with E-state index in [2.05, 4.69) is 11.3 Å². The summed E-state index contributed by atoms with van der Waals surface area (Å²) in [6.07, 6.45) is 2.82. The standard InChI is InChI=1S/C16H16N4O4S/c1-3-8-19-25(22,23)13-6-4-12(5-7-13)20-10-11(9-17)14(18)15(20)16(21)24-2/h3-7,10,19H,1,8,18H2,2H3. The van der Waals surface area contributed by atoms with Crippen LogP contribution in [-0.2, 0) is 14.8 Å². The molecule has 0 radical (unpaired) electrons. The van der Waals surface area contributed by atoms with Gasteiger partial charge in [0.2, 0.25) is 10.0 Å². The van der Waals surface area contributed by atoms with E-state index in [1.54, 1.807) is 0 Å². The summed E-state index contributed by atoms with van der Waals surface area (Å²) in [4.78, 5) is 12.0. The quantitative estimate of drug-likeness (QED) is 0.588. The van der Waals surface area contributed by atoms with Crippen LogP contribution in [0.1, 0.15) is 16.1 Å². The van der Waals surface area contributed by atoms with Gasteiger partial charge in [-0.05, 0) is 24.3 Å². The zero-order valence-electron chi connectivity index (χ0n) is 13.4. The maximum atomic E-state index is 12.1. The lowest BCUT2D eigenvalue weighted by Crippen LogP contribution is -2.23. The van der Waals surface area contributed by atoms with Gasteiger partial charge in [0.15, 0.2) is 5.69 Å². The van der Waals surface area contributed by atoms with Crippen molar-refractivity contribution in [3.8, 4) is 11.8 Å². The smallest absolute Gasteiger partial charge is 0.357 e. The van der Waals surface area contributed by atoms with Gasteiger partial charge in [0.25, 0.3) is 0 Å². The molecule has 130 valence electrons. The molecule has 9 heteroatoms. The number of carbonyl (C=O) groups is 1. The molecule has 1 heterocycles. The molecule has 1 aromatic carbocycles. The summed E-state index contributed by atoms with van der Waals surface area (Å²) in [6, 6.07) is 7.64. The van der Waals surface area contributed by atoms with Crippen molar-refractivity contribution in [2.45, 2.75) is 4.90 Å². The number of aromatic nitrogens is 1. The van der Waals surface area contributed by atoms with Gasteiger partial charge >= 0.3 is 5.97 Å². The molecular formula is C16H16N4O4S. The largest absolute Gasteiger partial charge is 0.464 e. The van der Waals surface area contributed by atoms with Crippen LogP contribution in [0.15, 0.2) is 48.0 Å². The number of anilines is 1. The van der Waals surface area contributed by atoms with Crippen molar-refractivity contribution in [3.63, 3.8) is 0 Å². The summed E-state index contributed by atoms with van der Waals surface area (Å²) in [7, 11) is -2.46. The number of esters is 1. The third-order valence-electron chi connectivity index (χ3n) is 3.39. The molecule has 2 aromatic rings. The Morgan fingerprint density at radius 3 is 2.60 bits per heavy atom. The number of carbonyl (C=O) groups excluding carboxylic acids is 1. The van der Waals surface area contributed by atoms with E-state index < -0.39 is 16.0 Å². The fraction of sp³-hybridized carbons (Fsp3) is 0.125.